The highest BCUT2D eigenvalue weighted by Crippen LogP contribution is 2.31. The molecule has 9 nitrogen and oxygen atoms in total. The Morgan fingerprint density at radius 3 is 2.81 bits per heavy atom. The number of hydrogen-bond acceptors (Lipinski definition) is 5. The van der Waals surface area contributed by atoms with Gasteiger partial charge >= 0.3 is 5.69 Å². The summed E-state index contributed by atoms with van der Waals surface area (Å²) in [6, 6.07) is 11.4. The van der Waals surface area contributed by atoms with Crippen LogP contribution in [0.15, 0.2) is 47.7 Å². The molecular formula is C22H32IN7O2. The number of guanidine groups is 1. The van der Waals surface area contributed by atoms with Crippen LogP contribution in [-0.2, 0) is 13.1 Å². The van der Waals surface area contributed by atoms with Crippen LogP contribution in [0.25, 0.3) is 0 Å². The molecule has 1 aromatic carbocycles. The molecule has 2 unspecified atom stereocenters. The number of halogens is 1. The molecule has 32 heavy (non-hydrogen) atoms. The number of aliphatic imine (C=N–C) groups is 1. The van der Waals surface area contributed by atoms with Crippen molar-refractivity contribution in [1.82, 2.24) is 24.9 Å². The second kappa shape index (κ2) is 11.6. The first-order valence-corrected chi connectivity index (χ1v) is 11.0. The Bertz CT molecular complexity index is 905. The van der Waals surface area contributed by atoms with Gasteiger partial charge in [-0.05, 0) is 37.3 Å². The highest BCUT2D eigenvalue weighted by molar-refractivity contribution is 14.0. The van der Waals surface area contributed by atoms with E-state index >= 15 is 0 Å². The second-order valence-electron chi connectivity index (χ2n) is 8.35. The summed E-state index contributed by atoms with van der Waals surface area (Å²) in [4.78, 5) is 19.9. The van der Waals surface area contributed by atoms with Crippen molar-refractivity contribution in [2.45, 2.75) is 38.4 Å². The zero-order valence-electron chi connectivity index (χ0n) is 18.5. The van der Waals surface area contributed by atoms with Gasteiger partial charge in [0.1, 0.15) is 12.4 Å². The Hall–Kier alpha value is -2.21. The third kappa shape index (κ3) is 5.97. The average molecular weight is 553 g/mol. The first-order valence-electron chi connectivity index (χ1n) is 11.0. The Balaban J connectivity index is 0.00000289. The maximum atomic E-state index is 10.8. The van der Waals surface area contributed by atoms with Crippen molar-refractivity contribution in [1.29, 1.82) is 0 Å². The number of benzene rings is 1. The van der Waals surface area contributed by atoms with Gasteiger partial charge in [-0.3, -0.25) is 24.7 Å². The van der Waals surface area contributed by atoms with Gasteiger partial charge in [-0.25, -0.2) is 0 Å². The molecular weight excluding hydrogens is 521 g/mol. The van der Waals surface area contributed by atoms with E-state index in [2.05, 4.69) is 55.5 Å². The van der Waals surface area contributed by atoms with E-state index in [0.29, 0.717) is 25.0 Å². The van der Waals surface area contributed by atoms with E-state index in [9.17, 15) is 10.1 Å². The number of nitrogens with one attached hydrogen (secondary N) is 1. The van der Waals surface area contributed by atoms with Crippen LogP contribution in [0, 0.1) is 16.0 Å². The Kier molecular flexibility index (Phi) is 8.85. The number of piperidine rings is 2. The molecule has 0 saturated carbocycles. The standard InChI is InChI=1S/C22H31N7O2.HI/c1-23-22(24-10-13-28-17-20(14-25-28)29(30)31)27-12-9-21-19(16-27)8-5-11-26(21)15-18-6-3-2-4-7-18;/h2-4,6-7,14,17,19,21H,5,8-13,15-16H2,1H3,(H,23,24);1H. The van der Waals surface area contributed by atoms with Gasteiger partial charge in [0.15, 0.2) is 5.96 Å². The molecule has 3 heterocycles. The van der Waals surface area contributed by atoms with E-state index in [1.54, 1.807) is 4.68 Å². The minimum atomic E-state index is -0.425. The monoisotopic (exact) mass is 553 g/mol. The Morgan fingerprint density at radius 1 is 1.28 bits per heavy atom. The first kappa shape index (κ1) is 24.4. The molecule has 0 radical (unpaired) electrons. The van der Waals surface area contributed by atoms with Gasteiger partial charge in [-0.2, -0.15) is 5.10 Å². The van der Waals surface area contributed by atoms with Crippen LogP contribution in [-0.4, -0.2) is 69.7 Å². The third-order valence-corrected chi connectivity index (χ3v) is 6.38. The smallest absolute Gasteiger partial charge is 0.306 e. The van der Waals surface area contributed by atoms with E-state index < -0.39 is 4.92 Å². The SMILES string of the molecule is CN=C(NCCn1cc([N+](=O)[O-])cn1)N1CCC2C(CCCN2Cc2ccccc2)C1.I. The quantitative estimate of drug-likeness (QED) is 0.195. The molecule has 1 aromatic heterocycles. The summed E-state index contributed by atoms with van der Waals surface area (Å²) in [5.74, 6) is 1.55. The lowest BCUT2D eigenvalue weighted by Gasteiger charge is -2.48. The number of fused-ring (bicyclic) bond motifs is 1. The summed E-state index contributed by atoms with van der Waals surface area (Å²) in [7, 11) is 1.82. The molecule has 2 aliphatic rings. The van der Waals surface area contributed by atoms with Crippen LogP contribution in [0.3, 0.4) is 0 Å². The lowest BCUT2D eigenvalue weighted by atomic mass is 9.83. The summed E-state index contributed by atoms with van der Waals surface area (Å²) < 4.78 is 1.59. The van der Waals surface area contributed by atoms with Crippen molar-refractivity contribution in [3.63, 3.8) is 0 Å². The van der Waals surface area contributed by atoms with Gasteiger partial charge in [-0.1, -0.05) is 30.3 Å². The molecule has 174 valence electrons. The van der Waals surface area contributed by atoms with Gasteiger partial charge in [0.05, 0.1) is 11.5 Å². The molecule has 1 N–H and O–H groups in total. The number of hydrogen-bond donors (Lipinski definition) is 1. The Labute approximate surface area is 206 Å². The fraction of sp³-hybridized carbons (Fsp3) is 0.545. The van der Waals surface area contributed by atoms with Crippen LogP contribution >= 0.6 is 24.0 Å². The zero-order chi connectivity index (χ0) is 21.6. The lowest BCUT2D eigenvalue weighted by Crippen LogP contribution is -2.56. The maximum Gasteiger partial charge on any atom is 0.306 e. The molecule has 0 aliphatic carbocycles. The number of nitro groups is 1. The molecule has 2 fully saturated rings. The highest BCUT2D eigenvalue weighted by atomic mass is 127. The molecule has 10 heteroatoms. The topological polar surface area (TPSA) is 91.8 Å². The van der Waals surface area contributed by atoms with E-state index in [-0.39, 0.29) is 29.7 Å². The van der Waals surface area contributed by atoms with Crippen molar-refractivity contribution >= 4 is 35.6 Å². The summed E-state index contributed by atoms with van der Waals surface area (Å²) in [6.45, 7) is 5.39. The summed E-state index contributed by atoms with van der Waals surface area (Å²) in [6.07, 6.45) is 6.39. The third-order valence-electron chi connectivity index (χ3n) is 6.38. The van der Waals surface area contributed by atoms with Crippen molar-refractivity contribution in [2.24, 2.45) is 10.9 Å². The number of nitrogens with zero attached hydrogens (tertiary/aromatic N) is 6. The number of aromatic nitrogens is 2. The van der Waals surface area contributed by atoms with Crippen molar-refractivity contribution in [3.8, 4) is 0 Å². The summed E-state index contributed by atoms with van der Waals surface area (Å²) >= 11 is 0. The van der Waals surface area contributed by atoms with E-state index in [1.165, 1.54) is 37.3 Å². The van der Waals surface area contributed by atoms with Crippen LogP contribution in [0.5, 0.6) is 0 Å². The molecule has 0 amide bonds. The fourth-order valence-electron chi connectivity index (χ4n) is 4.90. The van der Waals surface area contributed by atoms with Crippen LogP contribution in [0.1, 0.15) is 24.8 Å². The molecule has 0 spiro atoms. The predicted octanol–water partition coefficient (Wildman–Crippen LogP) is 2.97. The number of likely N-dealkylation sites (tertiary alicyclic amines) is 2. The fourth-order valence-corrected chi connectivity index (χ4v) is 4.90. The molecule has 2 saturated heterocycles. The van der Waals surface area contributed by atoms with Crippen LogP contribution < -0.4 is 5.32 Å². The Morgan fingerprint density at radius 2 is 2.09 bits per heavy atom. The van der Waals surface area contributed by atoms with Gasteiger partial charge in [0.25, 0.3) is 0 Å². The maximum absolute atomic E-state index is 10.8. The van der Waals surface area contributed by atoms with Gasteiger partial charge in [0, 0.05) is 39.3 Å². The molecule has 2 atom stereocenters. The van der Waals surface area contributed by atoms with E-state index in [1.807, 2.05) is 7.05 Å². The van der Waals surface area contributed by atoms with Crippen molar-refractivity contribution in [3.05, 3.63) is 58.4 Å². The van der Waals surface area contributed by atoms with Crippen molar-refractivity contribution < 1.29 is 4.92 Å². The van der Waals surface area contributed by atoms with E-state index in [4.69, 9.17) is 0 Å². The molecule has 0 bridgehead atoms. The zero-order valence-corrected chi connectivity index (χ0v) is 20.8. The largest absolute Gasteiger partial charge is 0.354 e. The van der Waals surface area contributed by atoms with Gasteiger partial charge in [-0.15, -0.1) is 24.0 Å². The average Bonchev–Trinajstić information content (AvgIpc) is 3.27. The first-order chi connectivity index (χ1) is 15.1. The second-order valence-corrected chi connectivity index (χ2v) is 8.35. The minimum absolute atomic E-state index is 0. The highest BCUT2D eigenvalue weighted by Gasteiger charge is 2.36. The minimum Gasteiger partial charge on any atom is -0.354 e. The summed E-state index contributed by atoms with van der Waals surface area (Å²) in [5.41, 5.74) is 1.41. The van der Waals surface area contributed by atoms with E-state index in [0.717, 1.165) is 32.0 Å². The normalized spacial score (nSPS) is 21.5. The van der Waals surface area contributed by atoms with Gasteiger partial charge in [0.2, 0.25) is 0 Å². The predicted molar refractivity (Wildman–Crippen MR) is 135 cm³/mol. The molecule has 4 rings (SSSR count). The van der Waals surface area contributed by atoms with Crippen LogP contribution in [0.4, 0.5) is 5.69 Å². The molecule has 2 aliphatic heterocycles. The van der Waals surface area contributed by atoms with Gasteiger partial charge < -0.3 is 10.2 Å². The summed E-state index contributed by atoms with van der Waals surface area (Å²) in [5, 5.41) is 18.2. The van der Waals surface area contributed by atoms with Crippen LogP contribution in [0.2, 0.25) is 0 Å². The number of rotatable bonds is 6. The molecule has 2 aromatic rings. The van der Waals surface area contributed by atoms with Crippen molar-refractivity contribution in [2.75, 3.05) is 33.2 Å². The lowest BCUT2D eigenvalue weighted by molar-refractivity contribution is -0.385.